The summed E-state index contributed by atoms with van der Waals surface area (Å²) in [4.78, 5) is 1.80. The van der Waals surface area contributed by atoms with Gasteiger partial charge in [0.1, 0.15) is 0 Å². The molecule has 1 aliphatic rings. The monoisotopic (exact) mass is 278 g/mol. The molecule has 0 aromatic heterocycles. The molecular formula is C18H18N2O. The lowest BCUT2D eigenvalue weighted by atomic mass is 9.93. The summed E-state index contributed by atoms with van der Waals surface area (Å²) in [6.45, 7) is 2.14. The Morgan fingerprint density at radius 2 is 2.00 bits per heavy atom. The lowest BCUT2D eigenvalue weighted by Gasteiger charge is -2.11. The molecule has 0 saturated heterocycles. The van der Waals surface area contributed by atoms with E-state index in [0.29, 0.717) is 13.1 Å². The van der Waals surface area contributed by atoms with Crippen LogP contribution in [0.25, 0.3) is 11.1 Å². The summed E-state index contributed by atoms with van der Waals surface area (Å²) in [5.74, 6) is 0. The molecule has 0 amide bonds. The number of rotatable bonds is 4. The van der Waals surface area contributed by atoms with Gasteiger partial charge in [0, 0.05) is 7.11 Å². The summed E-state index contributed by atoms with van der Waals surface area (Å²) < 4.78 is 5.19. The first-order chi connectivity index (χ1) is 10.3. The van der Waals surface area contributed by atoms with Gasteiger partial charge < -0.3 is 9.64 Å². The first-order valence-corrected chi connectivity index (χ1v) is 7.15. The molecule has 3 rings (SSSR count). The molecule has 0 radical (unpaired) electrons. The largest absolute Gasteiger partial charge is 0.384 e. The quantitative estimate of drug-likeness (QED) is 0.805. The zero-order valence-electron chi connectivity index (χ0n) is 12.2. The highest BCUT2D eigenvalue weighted by atomic mass is 16.5. The Morgan fingerprint density at radius 3 is 2.71 bits per heavy atom. The SMILES string of the molecule is COCCc1cc2c(c(-c3ccccc3)c1)CN(C#N)C2. The van der Waals surface area contributed by atoms with E-state index >= 15 is 0 Å². The van der Waals surface area contributed by atoms with Gasteiger partial charge in [-0.15, -0.1) is 0 Å². The number of benzene rings is 2. The van der Waals surface area contributed by atoms with E-state index in [0.717, 1.165) is 13.0 Å². The van der Waals surface area contributed by atoms with E-state index in [-0.39, 0.29) is 0 Å². The minimum atomic E-state index is 0.709. The first-order valence-electron chi connectivity index (χ1n) is 7.15. The second-order valence-electron chi connectivity index (χ2n) is 5.35. The van der Waals surface area contributed by atoms with Gasteiger partial charge in [-0.25, -0.2) is 0 Å². The van der Waals surface area contributed by atoms with Crippen molar-refractivity contribution in [1.29, 1.82) is 5.26 Å². The van der Waals surface area contributed by atoms with Crippen LogP contribution < -0.4 is 0 Å². The van der Waals surface area contributed by atoms with Crippen LogP contribution in [0, 0.1) is 11.5 Å². The molecule has 1 heterocycles. The lowest BCUT2D eigenvalue weighted by molar-refractivity contribution is 0.202. The van der Waals surface area contributed by atoms with Crippen molar-refractivity contribution in [1.82, 2.24) is 4.90 Å². The minimum Gasteiger partial charge on any atom is -0.384 e. The Kier molecular flexibility index (Phi) is 3.89. The van der Waals surface area contributed by atoms with Gasteiger partial charge in [0.25, 0.3) is 0 Å². The van der Waals surface area contributed by atoms with Gasteiger partial charge in [-0.3, -0.25) is 0 Å². The second kappa shape index (κ2) is 5.99. The third-order valence-corrected chi connectivity index (χ3v) is 3.93. The highest BCUT2D eigenvalue weighted by Crippen LogP contribution is 2.33. The Bertz CT molecular complexity index is 674. The number of nitriles is 1. The first kappa shape index (κ1) is 13.7. The van der Waals surface area contributed by atoms with Crippen LogP contribution in [0.5, 0.6) is 0 Å². The maximum Gasteiger partial charge on any atom is 0.179 e. The Labute approximate surface area is 125 Å². The van der Waals surface area contributed by atoms with E-state index < -0.39 is 0 Å². The van der Waals surface area contributed by atoms with Crippen LogP contribution in [-0.2, 0) is 24.2 Å². The number of ether oxygens (including phenoxy) is 1. The number of methoxy groups -OCH3 is 1. The fourth-order valence-corrected chi connectivity index (χ4v) is 2.89. The van der Waals surface area contributed by atoms with E-state index in [9.17, 15) is 0 Å². The van der Waals surface area contributed by atoms with Crippen LogP contribution >= 0.6 is 0 Å². The molecule has 0 aliphatic carbocycles. The summed E-state index contributed by atoms with van der Waals surface area (Å²) in [5.41, 5.74) is 6.28. The number of hydrogen-bond acceptors (Lipinski definition) is 3. The maximum atomic E-state index is 9.17. The topological polar surface area (TPSA) is 36.3 Å². The molecule has 0 saturated carbocycles. The fraction of sp³-hybridized carbons (Fsp3) is 0.278. The van der Waals surface area contributed by atoms with Crippen LogP contribution in [0.15, 0.2) is 42.5 Å². The highest BCUT2D eigenvalue weighted by Gasteiger charge is 2.22. The van der Waals surface area contributed by atoms with Crippen molar-refractivity contribution in [2.45, 2.75) is 19.5 Å². The third-order valence-electron chi connectivity index (χ3n) is 3.93. The van der Waals surface area contributed by atoms with Crippen molar-refractivity contribution in [3.05, 3.63) is 59.2 Å². The lowest BCUT2D eigenvalue weighted by Crippen LogP contribution is -2.07. The van der Waals surface area contributed by atoms with Crippen LogP contribution in [0.4, 0.5) is 0 Å². The van der Waals surface area contributed by atoms with Crippen molar-refractivity contribution in [2.24, 2.45) is 0 Å². The second-order valence-corrected chi connectivity index (χ2v) is 5.35. The molecule has 106 valence electrons. The van der Waals surface area contributed by atoms with Gasteiger partial charge in [0.2, 0.25) is 0 Å². The van der Waals surface area contributed by atoms with Crippen molar-refractivity contribution in [2.75, 3.05) is 13.7 Å². The number of hydrogen-bond donors (Lipinski definition) is 0. The third kappa shape index (κ3) is 2.76. The minimum absolute atomic E-state index is 0.709. The van der Waals surface area contributed by atoms with Gasteiger partial charge in [0.05, 0.1) is 19.7 Å². The Morgan fingerprint density at radius 1 is 1.19 bits per heavy atom. The summed E-state index contributed by atoms with van der Waals surface area (Å²) in [6, 6.07) is 14.9. The predicted octanol–water partition coefficient (Wildman–Crippen LogP) is 3.34. The van der Waals surface area contributed by atoms with Gasteiger partial charge >= 0.3 is 0 Å². The molecule has 0 bridgehead atoms. The Hall–Kier alpha value is -2.31. The standard InChI is InChI=1S/C18H18N2O/c1-21-8-7-14-9-16-11-20(13-19)12-18(16)17(10-14)15-5-3-2-4-6-15/h2-6,9-10H,7-8,11-12H2,1H3. The average Bonchev–Trinajstić information content (AvgIpc) is 2.96. The highest BCUT2D eigenvalue weighted by molar-refractivity contribution is 5.70. The molecule has 2 aromatic rings. The maximum absolute atomic E-state index is 9.17. The predicted molar refractivity (Wildman–Crippen MR) is 82.3 cm³/mol. The summed E-state index contributed by atoms with van der Waals surface area (Å²) >= 11 is 0. The average molecular weight is 278 g/mol. The molecule has 3 heteroatoms. The molecule has 2 aromatic carbocycles. The molecule has 3 nitrogen and oxygen atoms in total. The molecule has 21 heavy (non-hydrogen) atoms. The van der Waals surface area contributed by atoms with Crippen molar-refractivity contribution < 1.29 is 4.74 Å². The number of nitrogens with zero attached hydrogens (tertiary/aromatic N) is 2. The summed E-state index contributed by atoms with van der Waals surface area (Å²) in [6.07, 6.45) is 3.16. The van der Waals surface area contributed by atoms with Crippen LogP contribution in [0.2, 0.25) is 0 Å². The van der Waals surface area contributed by atoms with E-state index in [2.05, 4.69) is 42.6 Å². The van der Waals surface area contributed by atoms with E-state index in [4.69, 9.17) is 10.00 Å². The molecule has 0 fully saturated rings. The van der Waals surface area contributed by atoms with Crippen molar-refractivity contribution >= 4 is 0 Å². The van der Waals surface area contributed by atoms with Crippen LogP contribution in [0.3, 0.4) is 0 Å². The molecular weight excluding hydrogens is 260 g/mol. The van der Waals surface area contributed by atoms with Crippen molar-refractivity contribution in [3.63, 3.8) is 0 Å². The molecule has 0 unspecified atom stereocenters. The van der Waals surface area contributed by atoms with Gasteiger partial charge in [-0.1, -0.05) is 42.5 Å². The van der Waals surface area contributed by atoms with E-state index in [1.807, 2.05) is 6.07 Å². The van der Waals surface area contributed by atoms with Crippen LogP contribution in [-0.4, -0.2) is 18.6 Å². The van der Waals surface area contributed by atoms with Gasteiger partial charge in [-0.2, -0.15) is 5.26 Å². The van der Waals surface area contributed by atoms with E-state index in [1.165, 1.54) is 27.8 Å². The van der Waals surface area contributed by atoms with Crippen molar-refractivity contribution in [3.8, 4) is 17.3 Å². The zero-order valence-corrected chi connectivity index (χ0v) is 12.2. The van der Waals surface area contributed by atoms with Gasteiger partial charge in [0.15, 0.2) is 6.19 Å². The zero-order chi connectivity index (χ0) is 14.7. The fourth-order valence-electron chi connectivity index (χ4n) is 2.89. The van der Waals surface area contributed by atoms with Crippen LogP contribution in [0.1, 0.15) is 16.7 Å². The molecule has 0 atom stereocenters. The smallest absolute Gasteiger partial charge is 0.179 e. The Balaban J connectivity index is 2.06. The molecule has 0 spiro atoms. The van der Waals surface area contributed by atoms with Gasteiger partial charge in [-0.05, 0) is 34.2 Å². The summed E-state index contributed by atoms with van der Waals surface area (Å²) in [7, 11) is 1.73. The normalized spacial score (nSPS) is 13.0. The summed E-state index contributed by atoms with van der Waals surface area (Å²) in [5, 5.41) is 9.17. The van der Waals surface area contributed by atoms with E-state index in [1.54, 1.807) is 12.0 Å². The number of fused-ring (bicyclic) bond motifs is 1. The molecule has 1 aliphatic heterocycles. The molecule has 0 N–H and O–H groups in total.